The molecular formula is C13H16ClN3O2. The fraction of sp³-hybridized carbons (Fsp3) is 0.462. The molecule has 0 spiro atoms. The maximum atomic E-state index is 12.4. The normalized spacial score (nSPS) is 19.3. The van der Waals surface area contributed by atoms with E-state index in [1.54, 1.807) is 24.0 Å². The minimum Gasteiger partial charge on any atom is -0.369 e. The number of aromatic nitrogens is 1. The Labute approximate surface area is 116 Å². The number of hydrogen-bond donors (Lipinski definition) is 1. The number of likely N-dealkylation sites (tertiary alicyclic amines) is 1. The molecule has 0 aliphatic carbocycles. The van der Waals surface area contributed by atoms with Crippen molar-refractivity contribution in [2.75, 3.05) is 13.1 Å². The Kier molecular flexibility index (Phi) is 4.04. The Balaban J connectivity index is 2.16. The van der Waals surface area contributed by atoms with Gasteiger partial charge < -0.3 is 10.6 Å². The van der Waals surface area contributed by atoms with Crippen LogP contribution in [0.15, 0.2) is 12.1 Å². The van der Waals surface area contributed by atoms with Crippen LogP contribution in [0.4, 0.5) is 0 Å². The number of hydrogen-bond acceptors (Lipinski definition) is 3. The van der Waals surface area contributed by atoms with Crippen LogP contribution in [-0.4, -0.2) is 34.8 Å². The molecule has 0 saturated carbocycles. The average Bonchev–Trinajstić information content (AvgIpc) is 2.37. The van der Waals surface area contributed by atoms with Gasteiger partial charge in [0, 0.05) is 24.3 Å². The van der Waals surface area contributed by atoms with E-state index < -0.39 is 0 Å². The van der Waals surface area contributed by atoms with Crippen molar-refractivity contribution in [2.24, 2.45) is 11.7 Å². The van der Waals surface area contributed by atoms with Crippen molar-refractivity contribution >= 4 is 23.4 Å². The van der Waals surface area contributed by atoms with Crippen LogP contribution in [0, 0.1) is 12.8 Å². The largest absolute Gasteiger partial charge is 0.369 e. The summed E-state index contributed by atoms with van der Waals surface area (Å²) in [5, 5.41) is 0.298. The van der Waals surface area contributed by atoms with E-state index in [-0.39, 0.29) is 17.7 Å². The van der Waals surface area contributed by atoms with Crippen LogP contribution in [0.1, 0.15) is 28.9 Å². The van der Waals surface area contributed by atoms with Crippen molar-refractivity contribution in [1.82, 2.24) is 9.88 Å². The number of halogens is 1. The zero-order chi connectivity index (χ0) is 14.0. The first kappa shape index (κ1) is 13.8. The van der Waals surface area contributed by atoms with Gasteiger partial charge in [-0.1, -0.05) is 11.6 Å². The Hall–Kier alpha value is -1.62. The molecule has 5 nitrogen and oxygen atoms in total. The summed E-state index contributed by atoms with van der Waals surface area (Å²) >= 11 is 5.86. The van der Waals surface area contributed by atoms with Crippen molar-refractivity contribution < 1.29 is 9.59 Å². The van der Waals surface area contributed by atoms with Gasteiger partial charge in [-0.05, 0) is 31.9 Å². The van der Waals surface area contributed by atoms with Crippen molar-refractivity contribution in [3.8, 4) is 0 Å². The standard InChI is InChI=1S/C13H16ClN3O2/c1-8-5-10(6-11(14)16-8)13(19)17-4-2-3-9(7-17)12(15)18/h5-6,9H,2-4,7H2,1H3,(H2,15,18). The molecule has 1 aromatic heterocycles. The van der Waals surface area contributed by atoms with E-state index in [0.29, 0.717) is 29.5 Å². The molecule has 2 heterocycles. The van der Waals surface area contributed by atoms with Gasteiger partial charge in [0.05, 0.1) is 5.92 Å². The summed E-state index contributed by atoms with van der Waals surface area (Å²) in [4.78, 5) is 29.3. The lowest BCUT2D eigenvalue weighted by Crippen LogP contribution is -2.44. The van der Waals surface area contributed by atoms with Gasteiger partial charge in [-0.25, -0.2) is 4.98 Å². The summed E-state index contributed by atoms with van der Waals surface area (Å²) in [7, 11) is 0. The molecule has 0 aromatic carbocycles. The fourth-order valence-electron chi connectivity index (χ4n) is 2.33. The minimum absolute atomic E-state index is 0.127. The van der Waals surface area contributed by atoms with E-state index in [2.05, 4.69) is 4.98 Å². The Morgan fingerprint density at radius 1 is 1.47 bits per heavy atom. The van der Waals surface area contributed by atoms with Gasteiger partial charge in [0.2, 0.25) is 5.91 Å². The third-order valence-electron chi connectivity index (χ3n) is 3.28. The van der Waals surface area contributed by atoms with Crippen molar-refractivity contribution in [3.05, 3.63) is 28.5 Å². The number of nitrogens with two attached hydrogens (primary N) is 1. The molecule has 1 atom stereocenters. The number of nitrogens with zero attached hydrogens (tertiary/aromatic N) is 2. The lowest BCUT2D eigenvalue weighted by atomic mass is 9.97. The van der Waals surface area contributed by atoms with E-state index in [9.17, 15) is 9.59 Å². The lowest BCUT2D eigenvalue weighted by Gasteiger charge is -2.31. The highest BCUT2D eigenvalue weighted by Gasteiger charge is 2.27. The second kappa shape index (κ2) is 5.57. The maximum absolute atomic E-state index is 12.4. The monoisotopic (exact) mass is 281 g/mol. The van der Waals surface area contributed by atoms with Gasteiger partial charge in [0.25, 0.3) is 5.91 Å². The average molecular weight is 282 g/mol. The molecule has 0 radical (unpaired) electrons. The number of carbonyl (C=O) groups is 2. The molecule has 102 valence electrons. The quantitative estimate of drug-likeness (QED) is 0.832. The van der Waals surface area contributed by atoms with E-state index in [1.165, 1.54) is 0 Å². The van der Waals surface area contributed by atoms with Gasteiger partial charge in [-0.15, -0.1) is 0 Å². The van der Waals surface area contributed by atoms with Crippen molar-refractivity contribution in [3.63, 3.8) is 0 Å². The predicted molar refractivity (Wildman–Crippen MR) is 71.8 cm³/mol. The van der Waals surface area contributed by atoms with Crippen LogP contribution in [0.2, 0.25) is 5.15 Å². The molecule has 19 heavy (non-hydrogen) atoms. The van der Waals surface area contributed by atoms with Crippen molar-refractivity contribution in [2.45, 2.75) is 19.8 Å². The number of aryl methyl sites for hydroxylation is 1. The van der Waals surface area contributed by atoms with E-state index >= 15 is 0 Å². The number of carbonyl (C=O) groups excluding carboxylic acids is 2. The number of primary amides is 1. The van der Waals surface area contributed by atoms with Crippen LogP contribution in [0.5, 0.6) is 0 Å². The molecule has 1 aliphatic rings. The van der Waals surface area contributed by atoms with Crippen LogP contribution in [0.25, 0.3) is 0 Å². The molecule has 1 unspecified atom stereocenters. The summed E-state index contributed by atoms with van der Waals surface area (Å²) in [5.41, 5.74) is 6.50. The molecular weight excluding hydrogens is 266 g/mol. The van der Waals surface area contributed by atoms with E-state index in [4.69, 9.17) is 17.3 Å². The van der Waals surface area contributed by atoms with E-state index in [0.717, 1.165) is 12.8 Å². The zero-order valence-electron chi connectivity index (χ0n) is 10.7. The molecule has 2 N–H and O–H groups in total. The molecule has 0 bridgehead atoms. The topological polar surface area (TPSA) is 76.3 Å². The van der Waals surface area contributed by atoms with Crippen LogP contribution < -0.4 is 5.73 Å². The number of rotatable bonds is 2. The number of piperidine rings is 1. The third kappa shape index (κ3) is 3.23. The molecule has 2 amide bonds. The third-order valence-corrected chi connectivity index (χ3v) is 3.47. The van der Waals surface area contributed by atoms with E-state index in [1.807, 2.05) is 0 Å². The highest BCUT2D eigenvalue weighted by atomic mass is 35.5. The summed E-state index contributed by atoms with van der Waals surface area (Å²) < 4.78 is 0. The number of pyridine rings is 1. The summed E-state index contributed by atoms with van der Waals surface area (Å²) in [6.07, 6.45) is 1.53. The highest BCUT2D eigenvalue weighted by Crippen LogP contribution is 2.19. The predicted octanol–water partition coefficient (Wildman–Crippen LogP) is 1.38. The summed E-state index contributed by atoms with van der Waals surface area (Å²) in [5.74, 6) is -0.726. The molecule has 1 saturated heterocycles. The molecule has 6 heteroatoms. The van der Waals surface area contributed by atoms with Gasteiger partial charge in [0.15, 0.2) is 0 Å². The smallest absolute Gasteiger partial charge is 0.254 e. The van der Waals surface area contributed by atoms with Gasteiger partial charge in [-0.3, -0.25) is 9.59 Å². The van der Waals surface area contributed by atoms with Gasteiger partial charge in [-0.2, -0.15) is 0 Å². The summed E-state index contributed by atoms with van der Waals surface area (Å²) in [6, 6.07) is 3.24. The molecule has 1 fully saturated rings. The van der Waals surface area contributed by atoms with Crippen LogP contribution >= 0.6 is 11.6 Å². The van der Waals surface area contributed by atoms with Crippen molar-refractivity contribution in [1.29, 1.82) is 0 Å². The fourth-order valence-corrected chi connectivity index (χ4v) is 2.58. The Morgan fingerprint density at radius 3 is 2.84 bits per heavy atom. The molecule has 2 rings (SSSR count). The lowest BCUT2D eigenvalue weighted by molar-refractivity contribution is -0.123. The molecule has 1 aliphatic heterocycles. The first-order chi connectivity index (χ1) is 8.97. The maximum Gasteiger partial charge on any atom is 0.254 e. The van der Waals surface area contributed by atoms with Gasteiger partial charge >= 0.3 is 0 Å². The Bertz CT molecular complexity index is 498. The zero-order valence-corrected chi connectivity index (χ0v) is 11.5. The SMILES string of the molecule is Cc1cc(C(=O)N2CCCC(C(N)=O)C2)cc(Cl)n1. The summed E-state index contributed by atoms with van der Waals surface area (Å²) in [6.45, 7) is 2.81. The Morgan fingerprint density at radius 2 is 2.21 bits per heavy atom. The number of amides is 2. The first-order valence-corrected chi connectivity index (χ1v) is 6.58. The first-order valence-electron chi connectivity index (χ1n) is 6.20. The van der Waals surface area contributed by atoms with Crippen LogP contribution in [-0.2, 0) is 4.79 Å². The highest BCUT2D eigenvalue weighted by molar-refractivity contribution is 6.29. The van der Waals surface area contributed by atoms with Gasteiger partial charge in [0.1, 0.15) is 5.15 Å². The van der Waals surface area contributed by atoms with Crippen LogP contribution in [0.3, 0.4) is 0 Å². The second-order valence-corrected chi connectivity index (χ2v) is 5.20. The minimum atomic E-state index is -0.346. The second-order valence-electron chi connectivity index (χ2n) is 4.81. The molecule has 1 aromatic rings.